The molecule has 0 N–H and O–H groups in total. The van der Waals surface area contributed by atoms with Crippen molar-refractivity contribution in [3.8, 4) is 11.1 Å². The molecule has 0 amide bonds. The Morgan fingerprint density at radius 3 is 1.91 bits per heavy atom. The van der Waals surface area contributed by atoms with Gasteiger partial charge in [0.1, 0.15) is 0 Å². The van der Waals surface area contributed by atoms with Crippen LogP contribution in [0, 0.1) is 0 Å². The summed E-state index contributed by atoms with van der Waals surface area (Å²) in [5.74, 6) is 0.172. The zero-order chi connectivity index (χ0) is 45.2. The van der Waals surface area contributed by atoms with E-state index in [1.54, 1.807) is 44.3 Å². The number of fused-ring (bicyclic) bond motifs is 15. The number of thiophene rings is 1. The van der Waals surface area contributed by atoms with Crippen LogP contribution in [0.25, 0.3) is 69.5 Å². The Kier molecular flexibility index (Phi) is 7.58. The van der Waals surface area contributed by atoms with Gasteiger partial charge in [-0.15, -0.1) is 11.3 Å². The Morgan fingerprint density at radius 1 is 0.530 bits per heavy atom. The van der Waals surface area contributed by atoms with E-state index in [1.807, 2.05) is 11.3 Å². The van der Waals surface area contributed by atoms with Crippen LogP contribution in [-0.2, 0) is 33.5 Å². The molecule has 1 atom stereocenters. The summed E-state index contributed by atoms with van der Waals surface area (Å²) in [6.45, 7) is 25.2. The number of hydrogen-bond donors (Lipinski definition) is 0. The van der Waals surface area contributed by atoms with Gasteiger partial charge < -0.3 is 4.48 Å². The highest BCUT2D eigenvalue weighted by Crippen LogP contribution is 2.61. The van der Waals surface area contributed by atoms with Gasteiger partial charge in [0.15, 0.2) is 0 Å². The predicted octanol–water partition coefficient (Wildman–Crippen LogP) is 16.4. The van der Waals surface area contributed by atoms with Gasteiger partial charge in [0.25, 0.3) is 0 Å². The van der Waals surface area contributed by atoms with Crippen molar-refractivity contribution < 1.29 is 0 Å². The summed E-state index contributed by atoms with van der Waals surface area (Å²) < 4.78 is 5.66. The number of rotatable bonds is 2. The molecule has 14 rings (SSSR count). The molecule has 66 heavy (non-hydrogen) atoms. The second-order valence-electron chi connectivity index (χ2n) is 24.5. The van der Waals surface area contributed by atoms with E-state index in [-0.39, 0.29) is 39.8 Å². The quantitative estimate of drug-likeness (QED) is 0.153. The Balaban J connectivity index is 1.16. The highest BCUT2D eigenvalue weighted by molar-refractivity contribution is 7.26. The van der Waals surface area contributed by atoms with Crippen molar-refractivity contribution in [2.24, 2.45) is 0 Å². The standard InChI is InChI=1S/C63H60BNS/c1-59(2)24-25-60(3,4)47-29-35(22-23-45(47)59)28-44-53-43-32-48-49(62(7,8)27-26-61(48,5)6)34-46(43)63(9,10)58(53)64-56-42(33-52-54(55(44)56)40-18-13-14-21-51(40)66-52)39-20-15-19-38-41-30-36-16-11-12-17-37(36)31-50(41)65(64)57(38)39/h11-23,29-34,44H,24-28H2,1-10H3. The summed E-state index contributed by atoms with van der Waals surface area (Å²) in [6.07, 6.45) is 5.85. The van der Waals surface area contributed by atoms with E-state index < -0.39 is 0 Å². The number of nitrogens with zero attached hydrogens (tertiary/aromatic N) is 1. The van der Waals surface area contributed by atoms with E-state index in [9.17, 15) is 0 Å². The fourth-order valence-corrected chi connectivity index (χ4v) is 15.8. The lowest BCUT2D eigenvalue weighted by Crippen LogP contribution is -2.52. The van der Waals surface area contributed by atoms with E-state index in [0.29, 0.717) is 0 Å². The van der Waals surface area contributed by atoms with Crippen LogP contribution < -0.4 is 5.46 Å². The molecule has 1 nitrogen and oxygen atoms in total. The molecule has 0 saturated heterocycles. The molecule has 2 aliphatic heterocycles. The molecule has 326 valence electrons. The van der Waals surface area contributed by atoms with Crippen molar-refractivity contribution >= 4 is 82.0 Å². The number of allylic oxidation sites excluding steroid dienone is 2. The minimum Gasteiger partial charge on any atom is -0.376 e. The molecule has 0 radical (unpaired) electrons. The van der Waals surface area contributed by atoms with Crippen molar-refractivity contribution in [2.75, 3.05) is 0 Å². The van der Waals surface area contributed by atoms with Crippen molar-refractivity contribution in [2.45, 2.75) is 134 Å². The Hall–Kier alpha value is -5.38. The van der Waals surface area contributed by atoms with E-state index in [2.05, 4.69) is 189 Å². The first kappa shape index (κ1) is 39.8. The normalized spacial score (nSPS) is 21.1. The van der Waals surface area contributed by atoms with Crippen molar-refractivity contribution in [1.82, 2.24) is 4.48 Å². The van der Waals surface area contributed by atoms with Crippen molar-refractivity contribution in [3.63, 3.8) is 0 Å². The second kappa shape index (κ2) is 12.6. The summed E-state index contributed by atoms with van der Waals surface area (Å²) in [5, 5.41) is 8.25. The number of benzene rings is 7. The van der Waals surface area contributed by atoms with Crippen molar-refractivity contribution in [3.05, 3.63) is 165 Å². The van der Waals surface area contributed by atoms with Crippen molar-refractivity contribution in [1.29, 1.82) is 0 Å². The smallest absolute Gasteiger partial charge is 0.326 e. The molecule has 2 aromatic heterocycles. The van der Waals surface area contributed by atoms with Crippen LogP contribution in [0.4, 0.5) is 0 Å². The summed E-state index contributed by atoms with van der Waals surface area (Å²) in [5.41, 5.74) is 23.0. The fraction of sp³-hybridized carbons (Fsp3) is 0.333. The molecular weight excluding hydrogens is 814 g/mol. The molecule has 1 unspecified atom stereocenters. The van der Waals surface area contributed by atoms with Gasteiger partial charge in [0, 0.05) is 58.9 Å². The fourth-order valence-electron chi connectivity index (χ4n) is 14.7. The van der Waals surface area contributed by atoms with Gasteiger partial charge in [0.2, 0.25) is 0 Å². The first-order valence-corrected chi connectivity index (χ1v) is 25.8. The Bertz CT molecular complexity index is 3730. The average molecular weight is 874 g/mol. The van der Waals surface area contributed by atoms with Gasteiger partial charge in [0.05, 0.1) is 0 Å². The third-order valence-electron chi connectivity index (χ3n) is 18.5. The van der Waals surface area contributed by atoms with E-state index in [1.165, 1.54) is 106 Å². The summed E-state index contributed by atoms with van der Waals surface area (Å²) in [6, 6.07) is 46.4. The van der Waals surface area contributed by atoms with Crippen LogP contribution in [-0.4, -0.2) is 11.3 Å². The first-order valence-electron chi connectivity index (χ1n) is 25.0. The SMILES string of the molecule is CC1(C)CCC(C)(C)c2cc(CC3C4=C(B5c6c(cc7sc8ccccc8c7c63)-c3cccc6c7cc8ccccc8cc7n5c36)C(C)(C)c3cc5c(cc34)C(C)(C)CCC5(C)C)ccc21. The maximum atomic E-state index is 2.86. The lowest BCUT2D eigenvalue weighted by atomic mass is 9.37. The molecule has 9 aromatic rings. The Morgan fingerprint density at radius 2 is 1.17 bits per heavy atom. The zero-order valence-electron chi connectivity index (χ0n) is 40.5. The van der Waals surface area contributed by atoms with Gasteiger partial charge >= 0.3 is 6.85 Å². The number of hydrogen-bond acceptors (Lipinski definition) is 1. The largest absolute Gasteiger partial charge is 0.376 e. The van der Waals surface area contributed by atoms with Gasteiger partial charge in [-0.1, -0.05) is 166 Å². The minimum absolute atomic E-state index is 0.0455. The molecule has 0 bridgehead atoms. The molecule has 3 heteroatoms. The third-order valence-corrected chi connectivity index (χ3v) is 19.6. The van der Waals surface area contributed by atoms with Crippen LogP contribution in [0.2, 0.25) is 0 Å². The zero-order valence-corrected chi connectivity index (χ0v) is 41.3. The molecule has 0 spiro atoms. The van der Waals surface area contributed by atoms with Crippen LogP contribution >= 0.6 is 11.3 Å². The third kappa shape index (κ3) is 4.98. The molecule has 0 saturated carbocycles. The lowest BCUT2D eigenvalue weighted by molar-refractivity contribution is 0.331. The van der Waals surface area contributed by atoms with E-state index >= 15 is 0 Å². The predicted molar refractivity (Wildman–Crippen MR) is 286 cm³/mol. The Labute approximate surface area is 395 Å². The minimum atomic E-state index is -0.213. The molecule has 7 aromatic carbocycles. The average Bonchev–Trinajstić information content (AvgIpc) is 3.90. The molecule has 5 aliphatic rings. The summed E-state index contributed by atoms with van der Waals surface area (Å²) in [4.78, 5) is 0. The number of para-hydroxylation sites is 1. The second-order valence-corrected chi connectivity index (χ2v) is 25.6. The van der Waals surface area contributed by atoms with Gasteiger partial charge in [-0.3, -0.25) is 0 Å². The topological polar surface area (TPSA) is 4.93 Å². The first-order chi connectivity index (χ1) is 31.4. The maximum absolute atomic E-state index is 2.86. The molecule has 4 heterocycles. The lowest BCUT2D eigenvalue weighted by Gasteiger charge is -2.43. The number of aromatic nitrogens is 1. The summed E-state index contributed by atoms with van der Waals surface area (Å²) in [7, 11) is 0. The van der Waals surface area contributed by atoms with Gasteiger partial charge in [-0.2, -0.15) is 0 Å². The summed E-state index contributed by atoms with van der Waals surface area (Å²) >= 11 is 2.00. The van der Waals surface area contributed by atoms with E-state index in [0.717, 1.165) is 6.42 Å². The van der Waals surface area contributed by atoms with Crippen LogP contribution in [0.3, 0.4) is 0 Å². The highest BCUT2D eigenvalue weighted by atomic mass is 32.1. The van der Waals surface area contributed by atoms with Crippen LogP contribution in [0.1, 0.15) is 145 Å². The van der Waals surface area contributed by atoms with E-state index in [4.69, 9.17) is 0 Å². The van der Waals surface area contributed by atoms with Gasteiger partial charge in [-0.05, 0) is 150 Å². The molecular formula is C63H60BNS. The maximum Gasteiger partial charge on any atom is 0.326 e. The molecule has 0 fully saturated rings. The van der Waals surface area contributed by atoms with Crippen LogP contribution in [0.5, 0.6) is 0 Å². The highest BCUT2D eigenvalue weighted by Gasteiger charge is 2.55. The molecule has 3 aliphatic carbocycles. The van der Waals surface area contributed by atoms with Crippen LogP contribution in [0.15, 0.2) is 121 Å². The monoisotopic (exact) mass is 873 g/mol. The van der Waals surface area contributed by atoms with Gasteiger partial charge in [-0.25, -0.2) is 0 Å².